The zero-order valence-electron chi connectivity index (χ0n) is 11.5. The minimum absolute atomic E-state index is 0.207. The zero-order chi connectivity index (χ0) is 13.7. The predicted molar refractivity (Wildman–Crippen MR) is 71.2 cm³/mol. The van der Waals surface area contributed by atoms with Crippen LogP contribution in [0.2, 0.25) is 0 Å². The summed E-state index contributed by atoms with van der Waals surface area (Å²) in [7, 11) is 0. The molecular formula is C13H21N3O3. The quantitative estimate of drug-likeness (QED) is 0.724. The molecule has 0 aliphatic heterocycles. The summed E-state index contributed by atoms with van der Waals surface area (Å²) in [5.74, 6) is -0.451. The van der Waals surface area contributed by atoms with Crippen molar-refractivity contribution in [3.8, 4) is 0 Å². The van der Waals surface area contributed by atoms with E-state index < -0.39 is 5.97 Å². The number of aromatic nitrogens is 1. The number of anilines is 1. The average Bonchev–Trinajstić information content (AvgIpc) is 3.13. The van der Waals surface area contributed by atoms with Gasteiger partial charge in [-0.25, -0.2) is 4.79 Å². The van der Waals surface area contributed by atoms with E-state index in [2.05, 4.69) is 22.1 Å². The minimum Gasteiger partial charge on any atom is -0.461 e. The standard InChI is InChI=1S/C13H21N3O3/c1-3-16(10-5-6-10)8-7-14-13-15-11(9-19-13)12(17)18-4-2/h9-10H,3-8H2,1-2H3,(H,14,15). The van der Waals surface area contributed by atoms with Gasteiger partial charge < -0.3 is 14.5 Å². The SMILES string of the molecule is CCOC(=O)c1coc(NCCN(CC)C2CC2)n1. The molecule has 1 heterocycles. The molecule has 106 valence electrons. The fraction of sp³-hybridized carbons (Fsp3) is 0.692. The van der Waals surface area contributed by atoms with Gasteiger partial charge in [-0.1, -0.05) is 6.92 Å². The molecule has 0 bridgehead atoms. The van der Waals surface area contributed by atoms with Crippen LogP contribution in [0.1, 0.15) is 37.2 Å². The summed E-state index contributed by atoms with van der Waals surface area (Å²) in [4.78, 5) is 17.9. The van der Waals surface area contributed by atoms with E-state index in [4.69, 9.17) is 9.15 Å². The van der Waals surface area contributed by atoms with Crippen LogP contribution in [0.15, 0.2) is 10.7 Å². The topological polar surface area (TPSA) is 67.6 Å². The molecule has 6 heteroatoms. The van der Waals surface area contributed by atoms with E-state index in [-0.39, 0.29) is 5.69 Å². The second kappa shape index (κ2) is 6.56. The Bertz CT molecular complexity index is 415. The Balaban J connectivity index is 1.75. The molecule has 1 aromatic heterocycles. The van der Waals surface area contributed by atoms with Gasteiger partial charge in [0.05, 0.1) is 6.61 Å². The van der Waals surface area contributed by atoms with Gasteiger partial charge >= 0.3 is 5.97 Å². The minimum atomic E-state index is -0.451. The highest BCUT2D eigenvalue weighted by Crippen LogP contribution is 2.25. The highest BCUT2D eigenvalue weighted by Gasteiger charge is 2.27. The summed E-state index contributed by atoms with van der Waals surface area (Å²) in [6.45, 7) is 7.04. The van der Waals surface area contributed by atoms with E-state index in [1.807, 2.05) is 0 Å². The molecule has 2 rings (SSSR count). The number of carbonyl (C=O) groups excluding carboxylic acids is 1. The molecule has 19 heavy (non-hydrogen) atoms. The van der Waals surface area contributed by atoms with Gasteiger partial charge in [0.25, 0.3) is 6.01 Å². The van der Waals surface area contributed by atoms with Gasteiger partial charge in [0, 0.05) is 19.1 Å². The number of ether oxygens (including phenoxy) is 1. The molecule has 1 saturated carbocycles. The largest absolute Gasteiger partial charge is 0.461 e. The third-order valence-corrected chi connectivity index (χ3v) is 3.13. The van der Waals surface area contributed by atoms with Crippen molar-refractivity contribution in [1.82, 2.24) is 9.88 Å². The van der Waals surface area contributed by atoms with Gasteiger partial charge in [-0.15, -0.1) is 0 Å². The first-order valence-corrected chi connectivity index (χ1v) is 6.85. The zero-order valence-corrected chi connectivity index (χ0v) is 11.5. The van der Waals surface area contributed by atoms with Gasteiger partial charge in [-0.05, 0) is 26.3 Å². The van der Waals surface area contributed by atoms with Crippen LogP contribution < -0.4 is 5.32 Å². The molecule has 1 aliphatic rings. The molecule has 1 aliphatic carbocycles. The summed E-state index contributed by atoms with van der Waals surface area (Å²) in [5, 5.41) is 3.08. The van der Waals surface area contributed by atoms with Crippen molar-refractivity contribution in [2.75, 3.05) is 31.6 Å². The highest BCUT2D eigenvalue weighted by molar-refractivity contribution is 5.87. The number of hydrogen-bond acceptors (Lipinski definition) is 6. The van der Waals surface area contributed by atoms with Gasteiger partial charge in [0.2, 0.25) is 0 Å². The predicted octanol–water partition coefficient (Wildman–Crippen LogP) is 1.75. The molecule has 1 aromatic rings. The Labute approximate surface area is 113 Å². The van der Waals surface area contributed by atoms with Crippen LogP contribution in [0.5, 0.6) is 0 Å². The summed E-state index contributed by atoms with van der Waals surface area (Å²) < 4.78 is 10.0. The third kappa shape index (κ3) is 3.96. The lowest BCUT2D eigenvalue weighted by molar-refractivity contribution is 0.0519. The van der Waals surface area contributed by atoms with E-state index >= 15 is 0 Å². The van der Waals surface area contributed by atoms with Gasteiger partial charge in [0.1, 0.15) is 6.26 Å². The maximum absolute atomic E-state index is 11.4. The number of oxazole rings is 1. The lowest BCUT2D eigenvalue weighted by atomic mass is 10.4. The maximum Gasteiger partial charge on any atom is 0.360 e. The molecular weight excluding hydrogens is 246 g/mol. The molecule has 0 amide bonds. The Kier molecular flexibility index (Phi) is 4.79. The van der Waals surface area contributed by atoms with Crippen molar-refractivity contribution in [3.05, 3.63) is 12.0 Å². The van der Waals surface area contributed by atoms with Crippen molar-refractivity contribution in [1.29, 1.82) is 0 Å². The number of likely N-dealkylation sites (N-methyl/N-ethyl adjacent to an activating group) is 1. The first kappa shape index (κ1) is 13.9. The van der Waals surface area contributed by atoms with E-state index in [1.165, 1.54) is 19.1 Å². The number of rotatable bonds is 8. The summed E-state index contributed by atoms with van der Waals surface area (Å²) in [6, 6.07) is 1.13. The van der Waals surface area contributed by atoms with E-state index in [9.17, 15) is 4.79 Å². The molecule has 0 atom stereocenters. The number of nitrogens with zero attached hydrogens (tertiary/aromatic N) is 2. The summed E-state index contributed by atoms with van der Waals surface area (Å²) in [5.41, 5.74) is 0.207. The van der Waals surface area contributed by atoms with Crippen molar-refractivity contribution < 1.29 is 13.9 Å². The van der Waals surface area contributed by atoms with Gasteiger partial charge in [0.15, 0.2) is 5.69 Å². The van der Waals surface area contributed by atoms with Crippen LogP contribution in [0.3, 0.4) is 0 Å². The van der Waals surface area contributed by atoms with Gasteiger partial charge in [-0.2, -0.15) is 4.98 Å². The van der Waals surface area contributed by atoms with E-state index in [1.54, 1.807) is 6.92 Å². The monoisotopic (exact) mass is 267 g/mol. The molecule has 0 aromatic carbocycles. The Morgan fingerprint density at radius 2 is 2.37 bits per heavy atom. The first-order valence-electron chi connectivity index (χ1n) is 6.85. The first-order chi connectivity index (χ1) is 9.24. The van der Waals surface area contributed by atoms with Crippen LogP contribution in [0.4, 0.5) is 6.01 Å². The van der Waals surface area contributed by atoms with Crippen LogP contribution >= 0.6 is 0 Å². The Morgan fingerprint density at radius 1 is 1.58 bits per heavy atom. The Hall–Kier alpha value is -1.56. The van der Waals surface area contributed by atoms with E-state index in [0.717, 1.165) is 25.7 Å². The fourth-order valence-corrected chi connectivity index (χ4v) is 2.00. The lowest BCUT2D eigenvalue weighted by Gasteiger charge is -2.19. The highest BCUT2D eigenvalue weighted by atomic mass is 16.5. The second-order valence-corrected chi connectivity index (χ2v) is 4.54. The van der Waals surface area contributed by atoms with Crippen LogP contribution in [-0.4, -0.2) is 48.1 Å². The lowest BCUT2D eigenvalue weighted by Crippen LogP contribution is -2.30. The van der Waals surface area contributed by atoms with Crippen molar-refractivity contribution >= 4 is 12.0 Å². The fourth-order valence-electron chi connectivity index (χ4n) is 2.00. The average molecular weight is 267 g/mol. The van der Waals surface area contributed by atoms with Crippen molar-refractivity contribution in [3.63, 3.8) is 0 Å². The number of hydrogen-bond donors (Lipinski definition) is 1. The third-order valence-electron chi connectivity index (χ3n) is 3.13. The van der Waals surface area contributed by atoms with E-state index in [0.29, 0.717) is 12.6 Å². The number of nitrogens with one attached hydrogen (secondary N) is 1. The van der Waals surface area contributed by atoms with Crippen LogP contribution in [0.25, 0.3) is 0 Å². The van der Waals surface area contributed by atoms with Crippen molar-refractivity contribution in [2.45, 2.75) is 32.7 Å². The van der Waals surface area contributed by atoms with Crippen LogP contribution in [0, 0.1) is 0 Å². The normalized spacial score (nSPS) is 14.7. The van der Waals surface area contributed by atoms with Gasteiger partial charge in [-0.3, -0.25) is 4.90 Å². The molecule has 0 spiro atoms. The number of carbonyl (C=O) groups is 1. The molecule has 1 fully saturated rings. The summed E-state index contributed by atoms with van der Waals surface area (Å²) >= 11 is 0. The molecule has 0 radical (unpaired) electrons. The molecule has 0 unspecified atom stereocenters. The molecule has 0 saturated heterocycles. The maximum atomic E-state index is 11.4. The van der Waals surface area contributed by atoms with Crippen molar-refractivity contribution in [2.24, 2.45) is 0 Å². The Morgan fingerprint density at radius 3 is 3.00 bits per heavy atom. The second-order valence-electron chi connectivity index (χ2n) is 4.54. The molecule has 1 N–H and O–H groups in total. The van der Waals surface area contributed by atoms with Crippen LogP contribution in [-0.2, 0) is 4.74 Å². The molecule has 6 nitrogen and oxygen atoms in total. The summed E-state index contributed by atoms with van der Waals surface area (Å²) in [6.07, 6.45) is 3.93. The smallest absolute Gasteiger partial charge is 0.360 e. The number of esters is 1.